The molecule has 20 heavy (non-hydrogen) atoms. The van der Waals surface area contributed by atoms with Crippen molar-refractivity contribution in [1.82, 2.24) is 14.8 Å². The lowest BCUT2D eigenvalue weighted by Crippen LogP contribution is -2.17. The fraction of sp³-hybridized carbons (Fsp3) is 0.231. The lowest BCUT2D eigenvalue weighted by Gasteiger charge is -2.07. The van der Waals surface area contributed by atoms with Crippen molar-refractivity contribution < 1.29 is 14.3 Å². The monoisotopic (exact) mass is 274 g/mol. The fourth-order valence-electron chi connectivity index (χ4n) is 1.62. The van der Waals surface area contributed by atoms with E-state index in [4.69, 9.17) is 4.74 Å². The van der Waals surface area contributed by atoms with Gasteiger partial charge in [0.25, 0.3) is 5.91 Å². The minimum absolute atomic E-state index is 0.214. The van der Waals surface area contributed by atoms with E-state index in [2.05, 4.69) is 15.4 Å². The normalized spacial score (nSPS) is 10.1. The van der Waals surface area contributed by atoms with Gasteiger partial charge in [0.1, 0.15) is 11.4 Å². The first-order valence-electron chi connectivity index (χ1n) is 6.04. The van der Waals surface area contributed by atoms with Crippen LogP contribution in [0.15, 0.2) is 30.7 Å². The molecule has 7 nitrogen and oxygen atoms in total. The second kappa shape index (κ2) is 5.96. The molecular formula is C13H14N4O3. The van der Waals surface area contributed by atoms with E-state index in [9.17, 15) is 9.59 Å². The van der Waals surface area contributed by atoms with Gasteiger partial charge in [0, 0.05) is 19.4 Å². The highest BCUT2D eigenvalue weighted by atomic mass is 16.5. The summed E-state index contributed by atoms with van der Waals surface area (Å²) in [5.74, 6) is -0.605. The molecule has 0 saturated heterocycles. The Hall–Kier alpha value is -2.70. The van der Waals surface area contributed by atoms with Gasteiger partial charge in [-0.15, -0.1) is 0 Å². The topological polar surface area (TPSA) is 86.1 Å². The number of amides is 1. The van der Waals surface area contributed by atoms with Crippen LogP contribution in [0.3, 0.4) is 0 Å². The van der Waals surface area contributed by atoms with Crippen LogP contribution in [0.5, 0.6) is 0 Å². The van der Waals surface area contributed by atoms with Crippen molar-refractivity contribution in [1.29, 1.82) is 0 Å². The molecule has 0 spiro atoms. The summed E-state index contributed by atoms with van der Waals surface area (Å²) >= 11 is 0. The molecule has 0 saturated carbocycles. The molecule has 2 aromatic heterocycles. The highest BCUT2D eigenvalue weighted by Gasteiger charge is 2.19. The van der Waals surface area contributed by atoms with Crippen molar-refractivity contribution in [3.8, 4) is 0 Å². The molecule has 1 N–H and O–H groups in total. The van der Waals surface area contributed by atoms with Gasteiger partial charge in [0.05, 0.1) is 18.4 Å². The Balaban J connectivity index is 2.23. The molecule has 0 aliphatic carbocycles. The molecule has 7 heteroatoms. The van der Waals surface area contributed by atoms with Crippen LogP contribution in [-0.4, -0.2) is 33.2 Å². The van der Waals surface area contributed by atoms with Crippen LogP contribution in [0.1, 0.15) is 27.6 Å². The first-order valence-corrected chi connectivity index (χ1v) is 6.04. The van der Waals surface area contributed by atoms with Crippen LogP contribution < -0.4 is 5.32 Å². The number of nitrogens with zero attached hydrogens (tertiary/aromatic N) is 3. The van der Waals surface area contributed by atoms with Crippen LogP contribution in [-0.2, 0) is 11.8 Å². The molecule has 0 atom stereocenters. The third-order valence-electron chi connectivity index (χ3n) is 2.59. The Morgan fingerprint density at radius 3 is 2.85 bits per heavy atom. The summed E-state index contributed by atoms with van der Waals surface area (Å²) < 4.78 is 6.32. The molecule has 1 amide bonds. The number of esters is 1. The second-order valence-corrected chi connectivity index (χ2v) is 3.95. The molecule has 0 unspecified atom stereocenters. The third kappa shape index (κ3) is 2.82. The van der Waals surface area contributed by atoms with Gasteiger partial charge < -0.3 is 10.1 Å². The predicted octanol–water partition coefficient (Wildman–Crippen LogP) is 1.24. The minimum Gasteiger partial charge on any atom is -0.462 e. The Morgan fingerprint density at radius 2 is 2.20 bits per heavy atom. The van der Waals surface area contributed by atoms with E-state index in [1.165, 1.54) is 17.1 Å². The number of aryl methyl sites for hydroxylation is 1. The summed E-state index contributed by atoms with van der Waals surface area (Å²) in [6.45, 7) is 1.96. The van der Waals surface area contributed by atoms with Crippen LogP contribution in [0.4, 0.5) is 5.82 Å². The summed E-state index contributed by atoms with van der Waals surface area (Å²) in [4.78, 5) is 27.7. The zero-order valence-electron chi connectivity index (χ0n) is 11.2. The lowest BCUT2D eigenvalue weighted by molar-refractivity contribution is 0.0527. The zero-order chi connectivity index (χ0) is 14.5. The van der Waals surface area contributed by atoms with Crippen molar-refractivity contribution in [2.24, 2.45) is 7.05 Å². The standard InChI is InChI=1S/C13H14N4O3/c1-3-20-13(19)10-8-15-17(2)11(10)16-12(18)9-5-4-6-14-7-9/h4-8H,3H2,1-2H3,(H,16,18). The smallest absolute Gasteiger partial charge is 0.343 e. The average molecular weight is 274 g/mol. The molecule has 2 rings (SSSR count). The summed E-state index contributed by atoms with van der Waals surface area (Å²) in [5, 5.41) is 6.59. The fourth-order valence-corrected chi connectivity index (χ4v) is 1.62. The van der Waals surface area contributed by atoms with Crippen molar-refractivity contribution >= 4 is 17.7 Å². The summed E-state index contributed by atoms with van der Waals surface area (Å²) in [6.07, 6.45) is 4.37. The average Bonchev–Trinajstić information content (AvgIpc) is 2.81. The lowest BCUT2D eigenvalue weighted by atomic mass is 10.2. The molecule has 2 heterocycles. The maximum Gasteiger partial charge on any atom is 0.343 e. The van der Waals surface area contributed by atoms with Gasteiger partial charge >= 0.3 is 5.97 Å². The summed E-state index contributed by atoms with van der Waals surface area (Å²) in [5.41, 5.74) is 0.607. The third-order valence-corrected chi connectivity index (χ3v) is 2.59. The van der Waals surface area contributed by atoms with E-state index in [0.29, 0.717) is 5.56 Å². The molecular weight excluding hydrogens is 260 g/mol. The van der Waals surface area contributed by atoms with Crippen LogP contribution in [0, 0.1) is 0 Å². The zero-order valence-corrected chi connectivity index (χ0v) is 11.2. The number of rotatable bonds is 4. The van der Waals surface area contributed by atoms with E-state index < -0.39 is 5.97 Å². The van der Waals surface area contributed by atoms with Crippen LogP contribution >= 0.6 is 0 Å². The number of hydrogen-bond donors (Lipinski definition) is 1. The van der Waals surface area contributed by atoms with Gasteiger partial charge in [0.2, 0.25) is 0 Å². The molecule has 0 aliphatic heterocycles. The highest BCUT2D eigenvalue weighted by Crippen LogP contribution is 2.16. The number of anilines is 1. The Kier molecular flexibility index (Phi) is 4.09. The van der Waals surface area contributed by atoms with E-state index in [1.807, 2.05) is 0 Å². The molecule has 0 radical (unpaired) electrons. The predicted molar refractivity (Wildman–Crippen MR) is 71.4 cm³/mol. The summed E-state index contributed by atoms with van der Waals surface area (Å²) in [7, 11) is 1.63. The number of carbonyl (C=O) groups is 2. The van der Waals surface area contributed by atoms with Gasteiger partial charge in [0.15, 0.2) is 0 Å². The van der Waals surface area contributed by atoms with Gasteiger partial charge in [-0.2, -0.15) is 5.10 Å². The summed E-state index contributed by atoms with van der Waals surface area (Å²) in [6, 6.07) is 3.28. The van der Waals surface area contributed by atoms with Gasteiger partial charge in [-0.1, -0.05) is 0 Å². The molecule has 2 aromatic rings. The molecule has 0 bridgehead atoms. The largest absolute Gasteiger partial charge is 0.462 e. The van der Waals surface area contributed by atoms with E-state index in [1.54, 1.807) is 32.3 Å². The molecule has 0 fully saturated rings. The minimum atomic E-state index is -0.526. The molecule has 0 aromatic carbocycles. The van der Waals surface area contributed by atoms with Gasteiger partial charge in [-0.05, 0) is 19.1 Å². The van der Waals surface area contributed by atoms with Crippen LogP contribution in [0.2, 0.25) is 0 Å². The molecule has 104 valence electrons. The second-order valence-electron chi connectivity index (χ2n) is 3.95. The number of hydrogen-bond acceptors (Lipinski definition) is 5. The van der Waals surface area contributed by atoms with Crippen molar-refractivity contribution in [3.05, 3.63) is 41.9 Å². The van der Waals surface area contributed by atoms with E-state index in [0.717, 1.165) is 0 Å². The maximum atomic E-state index is 12.1. The number of carbonyl (C=O) groups excluding carboxylic acids is 2. The SMILES string of the molecule is CCOC(=O)c1cnn(C)c1NC(=O)c1cccnc1. The first kappa shape index (κ1) is 13.7. The van der Waals surface area contributed by atoms with E-state index in [-0.39, 0.29) is 23.9 Å². The first-order chi connectivity index (χ1) is 9.63. The maximum absolute atomic E-state index is 12.1. The van der Waals surface area contributed by atoms with Crippen molar-refractivity contribution in [2.45, 2.75) is 6.92 Å². The Bertz CT molecular complexity index is 622. The van der Waals surface area contributed by atoms with Crippen molar-refractivity contribution in [2.75, 3.05) is 11.9 Å². The Morgan fingerprint density at radius 1 is 1.40 bits per heavy atom. The number of pyridine rings is 1. The van der Waals surface area contributed by atoms with E-state index >= 15 is 0 Å². The molecule has 0 aliphatic rings. The Labute approximate surface area is 115 Å². The number of aromatic nitrogens is 3. The number of nitrogens with one attached hydrogen (secondary N) is 1. The van der Waals surface area contributed by atoms with Gasteiger partial charge in [-0.3, -0.25) is 14.5 Å². The van der Waals surface area contributed by atoms with Crippen LogP contribution in [0.25, 0.3) is 0 Å². The van der Waals surface area contributed by atoms with Gasteiger partial charge in [-0.25, -0.2) is 4.79 Å². The quantitative estimate of drug-likeness (QED) is 0.848. The number of ether oxygens (including phenoxy) is 1. The van der Waals surface area contributed by atoms with Crippen molar-refractivity contribution in [3.63, 3.8) is 0 Å². The highest BCUT2D eigenvalue weighted by molar-refractivity contribution is 6.07.